The second-order valence-electron chi connectivity index (χ2n) is 7.81. The number of hydrogen-bond acceptors (Lipinski definition) is 2. The van der Waals surface area contributed by atoms with Gasteiger partial charge in [-0.05, 0) is 61.6 Å². The van der Waals surface area contributed by atoms with Gasteiger partial charge in [0.25, 0.3) is 0 Å². The fraction of sp³-hybridized carbons (Fsp3) is 0.409. The van der Waals surface area contributed by atoms with Gasteiger partial charge in [0.1, 0.15) is 5.82 Å². The lowest BCUT2D eigenvalue weighted by Crippen LogP contribution is -2.56. The number of rotatable bonds is 4. The average Bonchev–Trinajstić information content (AvgIpc) is 2.64. The van der Waals surface area contributed by atoms with Gasteiger partial charge in [0.2, 0.25) is 0 Å². The molecule has 28 heavy (non-hydrogen) atoms. The summed E-state index contributed by atoms with van der Waals surface area (Å²) >= 11 is 5.98. The van der Waals surface area contributed by atoms with E-state index >= 15 is 0 Å². The van der Waals surface area contributed by atoms with Crippen LogP contribution in [0.5, 0.6) is 0 Å². The SMILES string of the molecule is O=C(Nc1cccc(Cl)c1)NC1C[C@@H]2CCC[C@@H](C1)N2Cc1ccc(F)cc1. The van der Waals surface area contributed by atoms with Crippen LogP contribution in [0.25, 0.3) is 0 Å². The van der Waals surface area contributed by atoms with E-state index in [-0.39, 0.29) is 17.9 Å². The smallest absolute Gasteiger partial charge is 0.319 e. The first-order valence-electron chi connectivity index (χ1n) is 9.90. The Balaban J connectivity index is 1.36. The molecule has 0 unspecified atom stereocenters. The number of benzene rings is 2. The van der Waals surface area contributed by atoms with Crippen molar-refractivity contribution in [1.82, 2.24) is 10.2 Å². The monoisotopic (exact) mass is 401 g/mol. The molecule has 4 nitrogen and oxygen atoms in total. The number of halogens is 2. The van der Waals surface area contributed by atoms with Crippen LogP contribution in [0.4, 0.5) is 14.9 Å². The Bertz CT molecular complexity index is 815. The van der Waals surface area contributed by atoms with E-state index in [1.165, 1.54) is 18.6 Å². The second-order valence-corrected chi connectivity index (χ2v) is 8.25. The molecule has 2 bridgehead atoms. The van der Waals surface area contributed by atoms with Crippen molar-refractivity contribution in [2.45, 2.75) is 56.8 Å². The number of nitrogens with zero attached hydrogens (tertiary/aromatic N) is 1. The van der Waals surface area contributed by atoms with E-state index < -0.39 is 0 Å². The molecule has 2 N–H and O–H groups in total. The molecule has 0 spiro atoms. The number of urea groups is 1. The Hall–Kier alpha value is -2.11. The second kappa shape index (κ2) is 8.50. The molecule has 6 heteroatoms. The number of nitrogens with one attached hydrogen (secondary N) is 2. The van der Waals surface area contributed by atoms with E-state index in [0.29, 0.717) is 22.8 Å². The van der Waals surface area contributed by atoms with Crippen LogP contribution in [0.3, 0.4) is 0 Å². The molecular weight excluding hydrogens is 377 g/mol. The third kappa shape index (κ3) is 4.65. The summed E-state index contributed by atoms with van der Waals surface area (Å²) in [6.45, 7) is 0.844. The maximum Gasteiger partial charge on any atom is 0.319 e. The first-order valence-corrected chi connectivity index (χ1v) is 10.3. The molecule has 0 aliphatic carbocycles. The van der Waals surface area contributed by atoms with Crippen LogP contribution in [-0.4, -0.2) is 29.1 Å². The van der Waals surface area contributed by atoms with Crippen molar-refractivity contribution in [1.29, 1.82) is 0 Å². The lowest BCUT2D eigenvalue weighted by Gasteiger charge is -2.49. The summed E-state index contributed by atoms with van der Waals surface area (Å²) < 4.78 is 13.2. The Morgan fingerprint density at radius 3 is 2.50 bits per heavy atom. The average molecular weight is 402 g/mol. The number of fused-ring (bicyclic) bond motifs is 2. The van der Waals surface area contributed by atoms with Gasteiger partial charge in [0, 0.05) is 35.4 Å². The molecule has 2 heterocycles. The maximum absolute atomic E-state index is 13.2. The summed E-state index contributed by atoms with van der Waals surface area (Å²) in [4.78, 5) is 14.9. The highest BCUT2D eigenvalue weighted by Crippen LogP contribution is 2.35. The van der Waals surface area contributed by atoms with Crippen LogP contribution in [0.15, 0.2) is 48.5 Å². The number of amides is 2. The molecule has 2 atom stereocenters. The third-order valence-corrected chi connectivity index (χ3v) is 6.06. The van der Waals surface area contributed by atoms with Crippen molar-refractivity contribution in [3.8, 4) is 0 Å². The summed E-state index contributed by atoms with van der Waals surface area (Å²) in [5.41, 5.74) is 1.84. The van der Waals surface area contributed by atoms with Crippen molar-refractivity contribution in [2.24, 2.45) is 0 Å². The Labute approximate surface area is 170 Å². The highest BCUT2D eigenvalue weighted by atomic mass is 35.5. The molecular formula is C22H25ClFN3O. The van der Waals surface area contributed by atoms with Gasteiger partial charge in [0.05, 0.1) is 0 Å². The summed E-state index contributed by atoms with van der Waals surface area (Å²) in [6, 6.07) is 14.8. The number of piperidine rings is 2. The lowest BCUT2D eigenvalue weighted by atomic mass is 9.81. The number of carbonyl (C=O) groups excluding carboxylic acids is 1. The molecule has 2 aliphatic rings. The van der Waals surface area contributed by atoms with Gasteiger partial charge in [-0.15, -0.1) is 0 Å². The van der Waals surface area contributed by atoms with E-state index in [2.05, 4.69) is 15.5 Å². The topological polar surface area (TPSA) is 44.4 Å². The predicted molar refractivity (Wildman–Crippen MR) is 110 cm³/mol. The van der Waals surface area contributed by atoms with Crippen molar-refractivity contribution in [3.05, 3.63) is 64.9 Å². The fourth-order valence-corrected chi connectivity index (χ4v) is 4.76. The Kier molecular flexibility index (Phi) is 5.83. The van der Waals surface area contributed by atoms with Crippen LogP contribution in [0, 0.1) is 5.82 Å². The summed E-state index contributed by atoms with van der Waals surface area (Å²) in [6.07, 6.45) is 5.41. The van der Waals surface area contributed by atoms with Crippen molar-refractivity contribution < 1.29 is 9.18 Å². The highest BCUT2D eigenvalue weighted by molar-refractivity contribution is 6.30. The van der Waals surface area contributed by atoms with Crippen LogP contribution in [-0.2, 0) is 6.54 Å². The zero-order valence-electron chi connectivity index (χ0n) is 15.7. The minimum absolute atomic E-state index is 0.166. The molecule has 2 aliphatic heterocycles. The van der Waals surface area contributed by atoms with Gasteiger partial charge in [-0.25, -0.2) is 9.18 Å². The minimum Gasteiger partial charge on any atom is -0.335 e. The molecule has 0 radical (unpaired) electrons. The van der Waals surface area contributed by atoms with Crippen LogP contribution in [0.1, 0.15) is 37.7 Å². The quantitative estimate of drug-likeness (QED) is 0.740. The van der Waals surface area contributed by atoms with Crippen LogP contribution < -0.4 is 10.6 Å². The molecule has 148 valence electrons. The molecule has 0 aromatic heterocycles. The van der Waals surface area contributed by atoms with Crippen molar-refractivity contribution in [2.75, 3.05) is 5.32 Å². The molecule has 2 fully saturated rings. The summed E-state index contributed by atoms with van der Waals surface area (Å²) in [5.74, 6) is -0.197. The van der Waals surface area contributed by atoms with Crippen LogP contribution >= 0.6 is 11.6 Å². The van der Waals surface area contributed by atoms with Gasteiger partial charge in [0.15, 0.2) is 0 Å². The van der Waals surface area contributed by atoms with E-state index in [9.17, 15) is 9.18 Å². The molecule has 2 aromatic rings. The zero-order chi connectivity index (χ0) is 19.5. The van der Waals surface area contributed by atoms with E-state index in [0.717, 1.165) is 37.8 Å². The number of anilines is 1. The first-order chi connectivity index (χ1) is 13.6. The number of hydrogen-bond donors (Lipinski definition) is 2. The fourth-order valence-electron chi connectivity index (χ4n) is 4.57. The maximum atomic E-state index is 13.2. The third-order valence-electron chi connectivity index (χ3n) is 5.82. The standard InChI is InChI=1S/C22H25ClFN3O/c23-16-3-1-4-18(11-16)25-22(28)26-19-12-20-5-2-6-21(13-19)27(20)14-15-7-9-17(24)10-8-15/h1,3-4,7-11,19-21H,2,5-6,12-14H2,(H2,25,26,28)/t20-,21-/m0/s1. The Morgan fingerprint density at radius 1 is 1.11 bits per heavy atom. The van der Waals surface area contributed by atoms with Crippen LogP contribution in [0.2, 0.25) is 5.02 Å². The van der Waals surface area contributed by atoms with Gasteiger partial charge in [-0.2, -0.15) is 0 Å². The van der Waals surface area contributed by atoms with Gasteiger partial charge < -0.3 is 10.6 Å². The van der Waals surface area contributed by atoms with Crippen molar-refractivity contribution in [3.63, 3.8) is 0 Å². The molecule has 0 saturated carbocycles. The normalized spacial score (nSPS) is 24.6. The summed E-state index contributed by atoms with van der Waals surface area (Å²) in [5, 5.41) is 6.60. The van der Waals surface area contributed by atoms with Crippen molar-refractivity contribution >= 4 is 23.3 Å². The Morgan fingerprint density at radius 2 is 1.82 bits per heavy atom. The molecule has 2 amide bonds. The zero-order valence-corrected chi connectivity index (χ0v) is 16.5. The largest absolute Gasteiger partial charge is 0.335 e. The first kappa shape index (κ1) is 19.2. The minimum atomic E-state index is -0.197. The molecule has 2 aromatic carbocycles. The van der Waals surface area contributed by atoms with Gasteiger partial charge >= 0.3 is 6.03 Å². The highest BCUT2D eigenvalue weighted by Gasteiger charge is 2.38. The van der Waals surface area contributed by atoms with E-state index in [4.69, 9.17) is 11.6 Å². The molecule has 4 rings (SSSR count). The summed E-state index contributed by atoms with van der Waals surface area (Å²) in [7, 11) is 0. The molecule has 2 saturated heterocycles. The number of carbonyl (C=O) groups is 1. The van der Waals surface area contributed by atoms with E-state index in [1.807, 2.05) is 24.3 Å². The van der Waals surface area contributed by atoms with Gasteiger partial charge in [-0.3, -0.25) is 4.90 Å². The van der Waals surface area contributed by atoms with E-state index in [1.54, 1.807) is 12.1 Å². The van der Waals surface area contributed by atoms with Gasteiger partial charge in [-0.1, -0.05) is 36.2 Å². The predicted octanol–water partition coefficient (Wildman–Crippen LogP) is 5.19. The lowest BCUT2D eigenvalue weighted by molar-refractivity contribution is 0.0200.